The minimum atomic E-state index is -0.532. The van der Waals surface area contributed by atoms with E-state index >= 15 is 0 Å². The molecule has 14 heavy (non-hydrogen) atoms. The molecule has 0 fully saturated rings. The molecule has 76 valence electrons. The lowest BCUT2D eigenvalue weighted by atomic mass is 10.6. The molecule has 0 atom stereocenters. The number of primary amides is 1. The van der Waals surface area contributed by atoms with Gasteiger partial charge >= 0.3 is 6.03 Å². The lowest BCUT2D eigenvalue weighted by Crippen LogP contribution is -2.33. The summed E-state index contributed by atoms with van der Waals surface area (Å²) in [6.07, 6.45) is 3.41. The third-order valence-corrected chi connectivity index (χ3v) is 1.88. The molecule has 1 heterocycles. The number of urea groups is 1. The predicted octanol–water partition coefficient (Wildman–Crippen LogP) is 0.161. The van der Waals surface area contributed by atoms with Crippen molar-refractivity contribution in [1.29, 1.82) is 0 Å². The fraction of sp³-hybridized carbons (Fsp3) is 0.286. The third kappa shape index (κ3) is 4.21. The highest BCUT2D eigenvalue weighted by Gasteiger charge is 1.95. The minimum Gasteiger partial charge on any atom is -0.352 e. The Hall–Kier alpha value is -1.12. The number of hydrogen-bond donors (Lipinski definition) is 3. The second-order valence-corrected chi connectivity index (χ2v) is 3.69. The van der Waals surface area contributed by atoms with E-state index in [0.717, 1.165) is 3.57 Å². The Kier molecular flexibility index (Phi) is 4.36. The van der Waals surface area contributed by atoms with Crippen LogP contribution in [0.15, 0.2) is 12.4 Å². The molecule has 0 unspecified atom stereocenters. The van der Waals surface area contributed by atoms with Gasteiger partial charge in [-0.2, -0.15) is 0 Å². The zero-order valence-corrected chi connectivity index (χ0v) is 9.48. The normalized spacial score (nSPS) is 9.50. The first kappa shape index (κ1) is 11.0. The lowest BCUT2D eigenvalue weighted by molar-refractivity contribution is 0.249. The highest BCUT2D eigenvalue weighted by Crippen LogP contribution is 2.01. The van der Waals surface area contributed by atoms with Crippen molar-refractivity contribution in [3.05, 3.63) is 16.0 Å². The van der Waals surface area contributed by atoms with Gasteiger partial charge in [-0.3, -0.25) is 0 Å². The molecule has 1 aromatic heterocycles. The zero-order chi connectivity index (χ0) is 10.4. The average molecular weight is 307 g/mol. The van der Waals surface area contributed by atoms with Crippen LogP contribution < -0.4 is 16.4 Å². The molecular formula is C7H10IN5O. The molecule has 0 saturated heterocycles. The second-order valence-electron chi connectivity index (χ2n) is 2.44. The Bertz CT molecular complexity index is 301. The first-order valence-electron chi connectivity index (χ1n) is 3.93. The molecule has 7 heteroatoms. The van der Waals surface area contributed by atoms with E-state index < -0.39 is 6.03 Å². The number of carbonyl (C=O) groups is 1. The molecule has 0 aliphatic rings. The number of nitrogens with two attached hydrogens (primary N) is 1. The monoisotopic (exact) mass is 307 g/mol. The van der Waals surface area contributed by atoms with Crippen LogP contribution in [-0.2, 0) is 0 Å². The van der Waals surface area contributed by atoms with E-state index in [-0.39, 0.29) is 0 Å². The van der Waals surface area contributed by atoms with E-state index in [1.54, 1.807) is 12.4 Å². The summed E-state index contributed by atoms with van der Waals surface area (Å²) >= 11 is 2.12. The number of nitrogens with zero attached hydrogens (tertiary/aromatic N) is 2. The van der Waals surface area contributed by atoms with Crippen LogP contribution in [0.2, 0.25) is 0 Å². The van der Waals surface area contributed by atoms with Crippen LogP contribution >= 0.6 is 22.6 Å². The molecule has 1 rings (SSSR count). The van der Waals surface area contributed by atoms with Crippen LogP contribution in [0.25, 0.3) is 0 Å². The van der Waals surface area contributed by atoms with Gasteiger partial charge in [0, 0.05) is 29.1 Å². The molecule has 0 aliphatic carbocycles. The second kappa shape index (κ2) is 5.58. The molecule has 0 saturated carbocycles. The molecule has 1 aromatic rings. The van der Waals surface area contributed by atoms with Crippen molar-refractivity contribution in [2.45, 2.75) is 0 Å². The number of rotatable bonds is 4. The number of carbonyl (C=O) groups excluding carboxylic acids is 1. The molecule has 6 nitrogen and oxygen atoms in total. The van der Waals surface area contributed by atoms with Gasteiger partial charge in [-0.15, -0.1) is 0 Å². The highest BCUT2D eigenvalue weighted by molar-refractivity contribution is 14.1. The van der Waals surface area contributed by atoms with Gasteiger partial charge in [-0.05, 0) is 22.6 Å². The van der Waals surface area contributed by atoms with Gasteiger partial charge in [0.25, 0.3) is 0 Å². The van der Waals surface area contributed by atoms with Crippen LogP contribution in [0.4, 0.5) is 10.7 Å². The van der Waals surface area contributed by atoms with Crippen LogP contribution in [-0.4, -0.2) is 29.1 Å². The van der Waals surface area contributed by atoms with Gasteiger partial charge in [0.1, 0.15) is 0 Å². The minimum absolute atomic E-state index is 0.449. The summed E-state index contributed by atoms with van der Waals surface area (Å²) in [6.45, 7) is 0.994. The van der Waals surface area contributed by atoms with E-state index in [9.17, 15) is 4.79 Å². The average Bonchev–Trinajstić information content (AvgIpc) is 2.15. The molecule has 0 aliphatic heterocycles. The number of nitrogens with one attached hydrogen (secondary N) is 2. The summed E-state index contributed by atoms with van der Waals surface area (Å²) in [7, 11) is 0. The maximum Gasteiger partial charge on any atom is 0.312 e. The molecule has 0 spiro atoms. The number of anilines is 1. The molecule has 0 radical (unpaired) electrons. The summed E-state index contributed by atoms with van der Waals surface area (Å²) in [5.74, 6) is 0.539. The maximum atomic E-state index is 10.3. The Balaban J connectivity index is 2.25. The Morgan fingerprint density at radius 3 is 2.64 bits per heavy atom. The third-order valence-electron chi connectivity index (χ3n) is 1.33. The fourth-order valence-corrected chi connectivity index (χ4v) is 1.04. The van der Waals surface area contributed by atoms with Crippen molar-refractivity contribution < 1.29 is 4.79 Å². The van der Waals surface area contributed by atoms with Crippen molar-refractivity contribution >= 4 is 34.6 Å². The Morgan fingerprint density at radius 1 is 1.43 bits per heavy atom. The van der Waals surface area contributed by atoms with Crippen LogP contribution in [0.3, 0.4) is 0 Å². The standard InChI is InChI=1S/C7H10IN5O/c8-5-3-12-7(13-4-5)11-2-1-10-6(9)14/h3-4H,1-2H2,(H3,9,10,14)(H,11,12,13). The van der Waals surface area contributed by atoms with Gasteiger partial charge in [-0.1, -0.05) is 0 Å². The van der Waals surface area contributed by atoms with Crippen molar-refractivity contribution in [2.24, 2.45) is 5.73 Å². The first-order chi connectivity index (χ1) is 6.68. The number of halogens is 1. The highest BCUT2D eigenvalue weighted by atomic mass is 127. The lowest BCUT2D eigenvalue weighted by Gasteiger charge is -2.04. The van der Waals surface area contributed by atoms with Crippen molar-refractivity contribution in [3.8, 4) is 0 Å². The number of hydrogen-bond acceptors (Lipinski definition) is 4. The molecular weight excluding hydrogens is 297 g/mol. The van der Waals surface area contributed by atoms with Crippen LogP contribution in [0, 0.1) is 3.57 Å². The Labute approximate surface area is 94.8 Å². The number of amides is 2. The van der Waals surface area contributed by atoms with E-state index in [1.807, 2.05) is 0 Å². The smallest absolute Gasteiger partial charge is 0.312 e. The van der Waals surface area contributed by atoms with E-state index in [0.29, 0.717) is 19.0 Å². The van der Waals surface area contributed by atoms with Crippen molar-refractivity contribution in [2.75, 3.05) is 18.4 Å². The van der Waals surface area contributed by atoms with Gasteiger partial charge in [-0.25, -0.2) is 14.8 Å². The van der Waals surface area contributed by atoms with E-state index in [2.05, 4.69) is 43.2 Å². The summed E-state index contributed by atoms with van der Waals surface area (Å²) < 4.78 is 0.975. The van der Waals surface area contributed by atoms with Gasteiger partial charge in [0.2, 0.25) is 5.95 Å². The molecule has 0 aromatic carbocycles. The SMILES string of the molecule is NC(=O)NCCNc1ncc(I)cn1. The molecule has 0 bridgehead atoms. The van der Waals surface area contributed by atoms with Crippen molar-refractivity contribution in [3.63, 3.8) is 0 Å². The zero-order valence-electron chi connectivity index (χ0n) is 7.33. The van der Waals surface area contributed by atoms with Crippen molar-refractivity contribution in [1.82, 2.24) is 15.3 Å². The topological polar surface area (TPSA) is 92.9 Å². The Morgan fingerprint density at radius 2 is 2.07 bits per heavy atom. The summed E-state index contributed by atoms with van der Waals surface area (Å²) in [5.41, 5.74) is 4.88. The summed E-state index contributed by atoms with van der Waals surface area (Å²) in [4.78, 5) is 18.3. The quantitative estimate of drug-likeness (QED) is 0.546. The predicted molar refractivity (Wildman–Crippen MR) is 60.8 cm³/mol. The van der Waals surface area contributed by atoms with Gasteiger partial charge in [0.05, 0.1) is 0 Å². The van der Waals surface area contributed by atoms with Crippen LogP contribution in [0.5, 0.6) is 0 Å². The van der Waals surface area contributed by atoms with Crippen LogP contribution in [0.1, 0.15) is 0 Å². The van der Waals surface area contributed by atoms with E-state index in [1.165, 1.54) is 0 Å². The fourth-order valence-electron chi connectivity index (χ4n) is 0.764. The molecule has 2 amide bonds. The number of aromatic nitrogens is 2. The first-order valence-corrected chi connectivity index (χ1v) is 5.01. The van der Waals surface area contributed by atoms with Gasteiger partial charge < -0.3 is 16.4 Å². The largest absolute Gasteiger partial charge is 0.352 e. The molecule has 4 N–H and O–H groups in total. The van der Waals surface area contributed by atoms with E-state index in [4.69, 9.17) is 5.73 Å². The maximum absolute atomic E-state index is 10.3. The summed E-state index contributed by atoms with van der Waals surface area (Å²) in [6, 6.07) is -0.532. The summed E-state index contributed by atoms with van der Waals surface area (Å²) in [5, 5.41) is 5.38. The van der Waals surface area contributed by atoms with Gasteiger partial charge in [0.15, 0.2) is 0 Å².